The zero-order valence-corrected chi connectivity index (χ0v) is 13.1. The Labute approximate surface area is 126 Å². The number of hydrogen-bond donors (Lipinski definition) is 0. The first-order valence-electron chi connectivity index (χ1n) is 8.20. The number of aromatic nitrogens is 2. The predicted molar refractivity (Wildman–Crippen MR) is 78.9 cm³/mol. The van der Waals surface area contributed by atoms with Crippen molar-refractivity contribution in [1.29, 1.82) is 0 Å². The number of ketones is 1. The molecule has 1 fully saturated rings. The minimum atomic E-state index is -0.0888. The van der Waals surface area contributed by atoms with Gasteiger partial charge in [-0.2, -0.15) is 4.98 Å². The summed E-state index contributed by atoms with van der Waals surface area (Å²) in [6.07, 6.45) is 7.67. The molecule has 0 saturated heterocycles. The highest BCUT2D eigenvalue weighted by molar-refractivity contribution is 5.79. The van der Waals surface area contributed by atoms with Crippen LogP contribution in [0.4, 0.5) is 0 Å². The van der Waals surface area contributed by atoms with Crippen molar-refractivity contribution >= 4 is 5.78 Å². The van der Waals surface area contributed by atoms with Gasteiger partial charge < -0.3 is 9.26 Å². The van der Waals surface area contributed by atoms with Gasteiger partial charge in [0.15, 0.2) is 0 Å². The van der Waals surface area contributed by atoms with Crippen LogP contribution in [0.25, 0.3) is 0 Å². The molecule has 1 atom stereocenters. The third-order valence-corrected chi connectivity index (χ3v) is 4.04. The number of nitrogens with zero attached hydrogens (tertiary/aromatic N) is 2. The minimum Gasteiger partial charge on any atom is -0.370 e. The Kier molecular flexibility index (Phi) is 6.36. The topological polar surface area (TPSA) is 65.2 Å². The molecule has 2 rings (SSSR count). The summed E-state index contributed by atoms with van der Waals surface area (Å²) < 4.78 is 11.1. The van der Waals surface area contributed by atoms with Gasteiger partial charge in [-0.15, -0.1) is 0 Å². The first kappa shape index (κ1) is 16.1. The summed E-state index contributed by atoms with van der Waals surface area (Å²) >= 11 is 0. The fourth-order valence-corrected chi connectivity index (χ4v) is 3.03. The highest BCUT2D eigenvalue weighted by Crippen LogP contribution is 2.35. The van der Waals surface area contributed by atoms with Gasteiger partial charge in [-0.25, -0.2) is 0 Å². The molecule has 1 saturated carbocycles. The molecule has 21 heavy (non-hydrogen) atoms. The zero-order valence-electron chi connectivity index (χ0n) is 13.1. The van der Waals surface area contributed by atoms with Crippen molar-refractivity contribution < 1.29 is 14.1 Å². The van der Waals surface area contributed by atoms with Crippen LogP contribution in [0.2, 0.25) is 0 Å². The molecule has 1 aliphatic rings. The van der Waals surface area contributed by atoms with Crippen molar-refractivity contribution in [2.75, 3.05) is 6.61 Å². The van der Waals surface area contributed by atoms with E-state index in [2.05, 4.69) is 10.1 Å². The molecular formula is C16H26N2O3. The Balaban J connectivity index is 2.02. The average Bonchev–Trinajstić information content (AvgIpc) is 2.94. The Bertz CT molecular complexity index is 438. The Hall–Kier alpha value is -1.23. The molecule has 5 heteroatoms. The van der Waals surface area contributed by atoms with Crippen molar-refractivity contribution in [2.24, 2.45) is 5.92 Å². The molecule has 1 aliphatic carbocycles. The second kappa shape index (κ2) is 8.27. The van der Waals surface area contributed by atoms with Crippen molar-refractivity contribution in [1.82, 2.24) is 10.1 Å². The maximum absolute atomic E-state index is 11.7. The molecule has 1 heterocycles. The number of hydrogen-bond acceptors (Lipinski definition) is 5. The monoisotopic (exact) mass is 294 g/mol. The van der Waals surface area contributed by atoms with Crippen LogP contribution in [0, 0.1) is 5.92 Å². The molecular weight excluding hydrogens is 268 g/mol. The molecule has 1 unspecified atom stereocenters. The maximum atomic E-state index is 11.7. The summed E-state index contributed by atoms with van der Waals surface area (Å²) in [7, 11) is 0. The van der Waals surface area contributed by atoms with E-state index in [-0.39, 0.29) is 18.3 Å². The van der Waals surface area contributed by atoms with Crippen molar-refractivity contribution in [3.63, 3.8) is 0 Å². The van der Waals surface area contributed by atoms with Crippen LogP contribution in [0.15, 0.2) is 4.52 Å². The van der Waals surface area contributed by atoms with Gasteiger partial charge in [0.25, 0.3) is 0 Å². The molecule has 0 N–H and O–H groups in total. The van der Waals surface area contributed by atoms with Gasteiger partial charge >= 0.3 is 0 Å². The van der Waals surface area contributed by atoms with Gasteiger partial charge in [-0.05, 0) is 32.1 Å². The van der Waals surface area contributed by atoms with E-state index in [1.54, 1.807) is 0 Å². The summed E-state index contributed by atoms with van der Waals surface area (Å²) in [5, 5.41) is 4.06. The standard InChI is InChI=1S/C16H26N2O3/c1-3-8-13(19)11-14-17-16(18-21-14)15(20-4-2)12-9-6-5-7-10-12/h12,15H,3-11H2,1-2H3. The summed E-state index contributed by atoms with van der Waals surface area (Å²) in [5.74, 6) is 1.65. The molecule has 0 aliphatic heterocycles. The molecule has 118 valence electrons. The van der Waals surface area contributed by atoms with Crippen LogP contribution in [-0.4, -0.2) is 22.5 Å². The van der Waals surface area contributed by atoms with Gasteiger partial charge in [-0.1, -0.05) is 31.3 Å². The van der Waals surface area contributed by atoms with E-state index in [0.29, 0.717) is 30.7 Å². The number of ether oxygens (including phenoxy) is 1. The van der Waals surface area contributed by atoms with Gasteiger partial charge in [-0.3, -0.25) is 4.79 Å². The second-order valence-electron chi connectivity index (χ2n) is 5.79. The minimum absolute atomic E-state index is 0.0888. The number of rotatable bonds is 8. The number of carbonyl (C=O) groups is 1. The van der Waals surface area contributed by atoms with Gasteiger partial charge in [0.1, 0.15) is 11.9 Å². The zero-order chi connectivity index (χ0) is 15.1. The predicted octanol–water partition coefficient (Wildman–Crippen LogP) is 3.64. The SMILES string of the molecule is CCCC(=O)Cc1nc(C(OCC)C2CCCCC2)no1. The summed E-state index contributed by atoms with van der Waals surface area (Å²) in [6, 6.07) is 0. The van der Waals surface area contributed by atoms with E-state index in [1.807, 2.05) is 13.8 Å². The normalized spacial score (nSPS) is 17.8. The summed E-state index contributed by atoms with van der Waals surface area (Å²) in [6.45, 7) is 4.62. The molecule has 0 spiro atoms. The third kappa shape index (κ3) is 4.63. The summed E-state index contributed by atoms with van der Waals surface area (Å²) in [4.78, 5) is 16.1. The molecule has 0 bridgehead atoms. The smallest absolute Gasteiger partial charge is 0.234 e. The lowest BCUT2D eigenvalue weighted by atomic mass is 9.85. The Morgan fingerprint density at radius 3 is 2.76 bits per heavy atom. The van der Waals surface area contributed by atoms with Gasteiger partial charge in [0.2, 0.25) is 11.7 Å². The van der Waals surface area contributed by atoms with Crippen LogP contribution in [0.1, 0.15) is 76.6 Å². The molecule has 1 aromatic heterocycles. The lowest BCUT2D eigenvalue weighted by Crippen LogP contribution is -2.20. The molecule has 0 aromatic carbocycles. The van der Waals surface area contributed by atoms with Crippen LogP contribution in [0.3, 0.4) is 0 Å². The molecule has 0 amide bonds. The Morgan fingerprint density at radius 1 is 1.33 bits per heavy atom. The van der Waals surface area contributed by atoms with Crippen LogP contribution < -0.4 is 0 Å². The molecule has 0 radical (unpaired) electrons. The number of carbonyl (C=O) groups excluding carboxylic acids is 1. The maximum Gasteiger partial charge on any atom is 0.234 e. The van der Waals surface area contributed by atoms with Gasteiger partial charge in [0, 0.05) is 13.0 Å². The van der Waals surface area contributed by atoms with E-state index in [9.17, 15) is 4.79 Å². The quantitative estimate of drug-likeness (QED) is 0.732. The molecule has 5 nitrogen and oxygen atoms in total. The number of Topliss-reactive ketones (excluding diaryl/α,β-unsaturated/α-hetero) is 1. The largest absolute Gasteiger partial charge is 0.370 e. The fraction of sp³-hybridized carbons (Fsp3) is 0.812. The second-order valence-corrected chi connectivity index (χ2v) is 5.79. The first-order valence-corrected chi connectivity index (χ1v) is 8.20. The van der Waals surface area contributed by atoms with Gasteiger partial charge in [0.05, 0.1) is 6.42 Å². The lowest BCUT2D eigenvalue weighted by Gasteiger charge is -2.27. The van der Waals surface area contributed by atoms with Crippen LogP contribution in [-0.2, 0) is 16.0 Å². The fourth-order valence-electron chi connectivity index (χ4n) is 3.03. The van der Waals surface area contributed by atoms with Crippen molar-refractivity contribution in [3.05, 3.63) is 11.7 Å². The Morgan fingerprint density at radius 2 is 2.10 bits per heavy atom. The van der Waals surface area contributed by atoms with E-state index >= 15 is 0 Å². The van der Waals surface area contributed by atoms with Crippen LogP contribution in [0.5, 0.6) is 0 Å². The van der Waals surface area contributed by atoms with E-state index < -0.39 is 0 Å². The van der Waals surface area contributed by atoms with Crippen molar-refractivity contribution in [2.45, 2.75) is 71.3 Å². The van der Waals surface area contributed by atoms with E-state index in [0.717, 1.165) is 19.3 Å². The molecule has 1 aromatic rings. The lowest BCUT2D eigenvalue weighted by molar-refractivity contribution is -0.118. The van der Waals surface area contributed by atoms with E-state index in [4.69, 9.17) is 9.26 Å². The highest BCUT2D eigenvalue weighted by Gasteiger charge is 2.29. The summed E-state index contributed by atoms with van der Waals surface area (Å²) in [5.41, 5.74) is 0. The average molecular weight is 294 g/mol. The first-order chi connectivity index (χ1) is 10.2. The third-order valence-electron chi connectivity index (χ3n) is 4.04. The van der Waals surface area contributed by atoms with Crippen molar-refractivity contribution in [3.8, 4) is 0 Å². The highest BCUT2D eigenvalue weighted by atomic mass is 16.5. The van der Waals surface area contributed by atoms with Crippen LogP contribution >= 0.6 is 0 Å². The van der Waals surface area contributed by atoms with E-state index in [1.165, 1.54) is 19.3 Å².